The summed E-state index contributed by atoms with van der Waals surface area (Å²) in [6.07, 6.45) is 3.54. The average molecular weight is 184 g/mol. The Morgan fingerprint density at radius 2 is 2.38 bits per heavy atom. The van der Waals surface area contributed by atoms with Crippen molar-refractivity contribution >= 4 is 6.09 Å². The fourth-order valence-corrected chi connectivity index (χ4v) is 1.49. The zero-order valence-corrected chi connectivity index (χ0v) is 7.79. The molecule has 1 saturated heterocycles. The first-order valence-electron chi connectivity index (χ1n) is 5.01. The van der Waals surface area contributed by atoms with Crippen LogP contribution in [0.5, 0.6) is 0 Å². The molecule has 0 radical (unpaired) electrons. The van der Waals surface area contributed by atoms with Gasteiger partial charge in [-0.3, -0.25) is 0 Å². The molecule has 4 heteroatoms. The molecule has 0 aromatic heterocycles. The number of carbonyl (C=O) groups is 1. The van der Waals surface area contributed by atoms with Crippen LogP contribution in [0, 0.1) is 0 Å². The maximum Gasteiger partial charge on any atom is 0.409 e. The summed E-state index contributed by atoms with van der Waals surface area (Å²) >= 11 is 0. The van der Waals surface area contributed by atoms with Crippen LogP contribution in [0.3, 0.4) is 0 Å². The highest BCUT2D eigenvalue weighted by atomic mass is 16.6. The second kappa shape index (κ2) is 3.96. The number of amides is 1. The van der Waals surface area contributed by atoms with E-state index in [0.717, 1.165) is 32.1 Å². The Labute approximate surface area is 78.2 Å². The van der Waals surface area contributed by atoms with Crippen LogP contribution in [-0.2, 0) is 4.74 Å². The summed E-state index contributed by atoms with van der Waals surface area (Å²) in [7, 11) is 0. The molecule has 0 aromatic carbocycles. The fraction of sp³-hybridized carbons (Fsp3) is 0.889. The van der Waals surface area contributed by atoms with Crippen LogP contribution >= 0.6 is 0 Å². The molecule has 0 unspecified atom stereocenters. The highest BCUT2D eigenvalue weighted by Crippen LogP contribution is 2.18. The van der Waals surface area contributed by atoms with Gasteiger partial charge in [-0.2, -0.15) is 0 Å². The zero-order chi connectivity index (χ0) is 9.10. The van der Waals surface area contributed by atoms with Crippen molar-refractivity contribution in [2.45, 2.75) is 25.3 Å². The third-order valence-corrected chi connectivity index (χ3v) is 2.46. The molecule has 2 fully saturated rings. The van der Waals surface area contributed by atoms with Gasteiger partial charge in [0.15, 0.2) is 0 Å². The maximum absolute atomic E-state index is 11.0. The van der Waals surface area contributed by atoms with Crippen molar-refractivity contribution in [3.63, 3.8) is 0 Å². The van der Waals surface area contributed by atoms with Gasteiger partial charge in [-0.05, 0) is 25.8 Å². The molecule has 0 spiro atoms. The monoisotopic (exact) mass is 184 g/mol. The van der Waals surface area contributed by atoms with Gasteiger partial charge in [-0.15, -0.1) is 0 Å². The van der Waals surface area contributed by atoms with Crippen molar-refractivity contribution in [2.24, 2.45) is 0 Å². The van der Waals surface area contributed by atoms with Crippen molar-refractivity contribution in [1.29, 1.82) is 0 Å². The van der Waals surface area contributed by atoms with E-state index in [1.54, 1.807) is 4.90 Å². The molecule has 1 aliphatic carbocycles. The maximum atomic E-state index is 11.0. The van der Waals surface area contributed by atoms with Gasteiger partial charge in [0, 0.05) is 12.6 Å². The van der Waals surface area contributed by atoms with Crippen LogP contribution in [0.2, 0.25) is 0 Å². The largest absolute Gasteiger partial charge is 0.448 e. The minimum absolute atomic E-state index is 0.147. The molecule has 0 bridgehead atoms. The van der Waals surface area contributed by atoms with Crippen LogP contribution in [0.25, 0.3) is 0 Å². The molecule has 1 N–H and O–H groups in total. The summed E-state index contributed by atoms with van der Waals surface area (Å²) in [5.41, 5.74) is 0. The molecule has 1 amide bonds. The van der Waals surface area contributed by atoms with E-state index in [-0.39, 0.29) is 6.09 Å². The molecular formula is C9H16N2O2. The molecule has 13 heavy (non-hydrogen) atoms. The van der Waals surface area contributed by atoms with Gasteiger partial charge < -0.3 is 15.0 Å². The van der Waals surface area contributed by atoms with E-state index < -0.39 is 0 Å². The van der Waals surface area contributed by atoms with Gasteiger partial charge in [-0.1, -0.05) is 0 Å². The summed E-state index contributed by atoms with van der Waals surface area (Å²) < 4.78 is 4.82. The minimum Gasteiger partial charge on any atom is -0.448 e. The van der Waals surface area contributed by atoms with Gasteiger partial charge in [0.25, 0.3) is 0 Å². The Hall–Kier alpha value is -0.770. The second-order valence-electron chi connectivity index (χ2n) is 3.68. The number of nitrogens with one attached hydrogen (secondary N) is 1. The van der Waals surface area contributed by atoms with Crippen molar-refractivity contribution < 1.29 is 9.53 Å². The molecule has 1 aliphatic heterocycles. The Bertz CT molecular complexity index is 192. The summed E-state index contributed by atoms with van der Waals surface area (Å²) in [6, 6.07) is 0.769. The summed E-state index contributed by atoms with van der Waals surface area (Å²) in [6.45, 7) is 3.18. The van der Waals surface area contributed by atoms with Crippen LogP contribution in [0.4, 0.5) is 4.79 Å². The van der Waals surface area contributed by atoms with Crippen molar-refractivity contribution in [3.05, 3.63) is 0 Å². The van der Waals surface area contributed by atoms with Crippen molar-refractivity contribution in [2.75, 3.05) is 26.2 Å². The van der Waals surface area contributed by atoms with Gasteiger partial charge >= 0.3 is 6.09 Å². The first-order valence-corrected chi connectivity index (χ1v) is 5.01. The molecule has 2 rings (SSSR count). The predicted octanol–water partition coefficient (Wildman–Crippen LogP) is 0.581. The summed E-state index contributed by atoms with van der Waals surface area (Å²) in [4.78, 5) is 12.8. The number of nitrogens with zero attached hydrogens (tertiary/aromatic N) is 1. The second-order valence-corrected chi connectivity index (χ2v) is 3.68. The summed E-state index contributed by atoms with van der Waals surface area (Å²) in [5, 5.41) is 3.42. The third-order valence-electron chi connectivity index (χ3n) is 2.46. The van der Waals surface area contributed by atoms with Crippen molar-refractivity contribution in [3.8, 4) is 0 Å². The highest BCUT2D eigenvalue weighted by Gasteiger charge is 2.22. The van der Waals surface area contributed by atoms with E-state index in [1.165, 1.54) is 12.8 Å². The standard InChI is InChI=1S/C9H16N2O2/c12-9-11(6-7-13-9)5-1-4-10-8-2-3-8/h8,10H,1-7H2. The molecule has 0 aromatic rings. The van der Waals surface area contributed by atoms with Gasteiger partial charge in [0.2, 0.25) is 0 Å². The number of carbonyl (C=O) groups excluding carboxylic acids is 1. The lowest BCUT2D eigenvalue weighted by atomic mass is 10.4. The number of ether oxygens (including phenoxy) is 1. The lowest BCUT2D eigenvalue weighted by Crippen LogP contribution is -2.28. The molecule has 2 aliphatic rings. The van der Waals surface area contributed by atoms with Crippen LogP contribution in [-0.4, -0.2) is 43.3 Å². The van der Waals surface area contributed by atoms with Gasteiger partial charge in [-0.25, -0.2) is 4.79 Å². The first kappa shape index (κ1) is 8.81. The van der Waals surface area contributed by atoms with E-state index in [9.17, 15) is 4.79 Å². The average Bonchev–Trinajstić information content (AvgIpc) is 2.86. The topological polar surface area (TPSA) is 41.6 Å². The minimum atomic E-state index is -0.147. The molecule has 0 atom stereocenters. The van der Waals surface area contributed by atoms with E-state index >= 15 is 0 Å². The van der Waals surface area contributed by atoms with E-state index in [1.807, 2.05) is 0 Å². The SMILES string of the molecule is O=C1OCCN1CCCNC1CC1. The van der Waals surface area contributed by atoms with Crippen LogP contribution in [0.1, 0.15) is 19.3 Å². The van der Waals surface area contributed by atoms with Gasteiger partial charge in [0.05, 0.1) is 6.54 Å². The first-order chi connectivity index (χ1) is 6.36. The van der Waals surface area contributed by atoms with Crippen LogP contribution < -0.4 is 5.32 Å². The smallest absolute Gasteiger partial charge is 0.409 e. The molecular weight excluding hydrogens is 168 g/mol. The fourth-order valence-electron chi connectivity index (χ4n) is 1.49. The zero-order valence-electron chi connectivity index (χ0n) is 7.79. The summed E-state index contributed by atoms with van der Waals surface area (Å²) in [5.74, 6) is 0. The Morgan fingerprint density at radius 3 is 3.00 bits per heavy atom. The van der Waals surface area contributed by atoms with Gasteiger partial charge in [0.1, 0.15) is 6.61 Å². The number of cyclic esters (lactones) is 1. The van der Waals surface area contributed by atoms with Crippen LogP contribution in [0.15, 0.2) is 0 Å². The predicted molar refractivity (Wildman–Crippen MR) is 48.6 cm³/mol. The van der Waals surface area contributed by atoms with E-state index in [0.29, 0.717) is 6.61 Å². The number of hydrogen-bond donors (Lipinski definition) is 1. The van der Waals surface area contributed by atoms with E-state index in [2.05, 4.69) is 5.32 Å². The number of rotatable bonds is 5. The quantitative estimate of drug-likeness (QED) is 0.635. The molecule has 1 saturated carbocycles. The molecule has 1 heterocycles. The van der Waals surface area contributed by atoms with E-state index in [4.69, 9.17) is 4.74 Å². The highest BCUT2D eigenvalue weighted by molar-refractivity contribution is 5.69. The molecule has 4 nitrogen and oxygen atoms in total. The lowest BCUT2D eigenvalue weighted by Gasteiger charge is -2.11. The Kier molecular flexibility index (Phi) is 2.68. The Balaban J connectivity index is 1.53. The normalized spacial score (nSPS) is 22.2. The van der Waals surface area contributed by atoms with Crippen molar-refractivity contribution in [1.82, 2.24) is 10.2 Å². The third kappa shape index (κ3) is 2.59. The molecule has 74 valence electrons. The Morgan fingerprint density at radius 1 is 1.54 bits per heavy atom. The number of hydrogen-bond acceptors (Lipinski definition) is 3. The lowest BCUT2D eigenvalue weighted by molar-refractivity contribution is 0.158.